The highest BCUT2D eigenvalue weighted by molar-refractivity contribution is 6.61. The van der Waals surface area contributed by atoms with Gasteiger partial charge in [0.05, 0.1) is 6.54 Å². The molecular formula is C19H23BN4O2. The van der Waals surface area contributed by atoms with Gasteiger partial charge in [-0.05, 0) is 30.1 Å². The van der Waals surface area contributed by atoms with Crippen molar-refractivity contribution >= 4 is 12.6 Å². The molecule has 1 N–H and O–H groups in total. The van der Waals surface area contributed by atoms with Crippen molar-refractivity contribution in [3.8, 4) is 11.4 Å². The Labute approximate surface area is 154 Å². The van der Waals surface area contributed by atoms with Gasteiger partial charge in [0.1, 0.15) is 0 Å². The molecule has 1 heterocycles. The van der Waals surface area contributed by atoms with Crippen LogP contribution >= 0.6 is 0 Å². The molecule has 26 heavy (non-hydrogen) atoms. The van der Waals surface area contributed by atoms with Crippen LogP contribution in [-0.4, -0.2) is 38.5 Å². The van der Waals surface area contributed by atoms with Crippen molar-refractivity contribution in [2.75, 3.05) is 0 Å². The van der Waals surface area contributed by atoms with E-state index in [2.05, 4.69) is 34.5 Å². The summed E-state index contributed by atoms with van der Waals surface area (Å²) in [6.45, 7) is 6.52. The van der Waals surface area contributed by atoms with Crippen LogP contribution in [0.4, 0.5) is 0 Å². The van der Waals surface area contributed by atoms with Gasteiger partial charge in [0.25, 0.3) is 0 Å². The highest BCUT2D eigenvalue weighted by Crippen LogP contribution is 2.17. The van der Waals surface area contributed by atoms with Crippen molar-refractivity contribution in [1.29, 1.82) is 0 Å². The summed E-state index contributed by atoms with van der Waals surface area (Å²) in [6, 6.07) is 17.7. The van der Waals surface area contributed by atoms with Gasteiger partial charge in [-0.1, -0.05) is 61.5 Å². The number of tetrazole rings is 1. The quantitative estimate of drug-likeness (QED) is 0.662. The molecule has 0 spiro atoms. The highest BCUT2D eigenvalue weighted by Gasteiger charge is 2.24. The van der Waals surface area contributed by atoms with E-state index in [0.29, 0.717) is 17.8 Å². The first kappa shape index (κ1) is 18.3. The van der Waals surface area contributed by atoms with Crippen LogP contribution in [0.3, 0.4) is 0 Å². The third kappa shape index (κ3) is 4.36. The monoisotopic (exact) mass is 350 g/mol. The van der Waals surface area contributed by atoms with Crippen LogP contribution in [0.5, 0.6) is 0 Å². The molecule has 1 aromatic heterocycles. The third-order valence-electron chi connectivity index (χ3n) is 4.13. The lowest BCUT2D eigenvalue weighted by Crippen LogP contribution is -2.37. The van der Waals surface area contributed by atoms with E-state index in [1.165, 1.54) is 5.56 Å². The minimum Gasteiger partial charge on any atom is -0.423 e. The van der Waals surface area contributed by atoms with E-state index < -0.39 is 7.12 Å². The molecule has 0 saturated carbocycles. The second-order valence-electron chi connectivity index (χ2n) is 6.60. The number of rotatable bonds is 7. The zero-order valence-corrected chi connectivity index (χ0v) is 15.3. The first-order valence-corrected chi connectivity index (χ1v) is 8.80. The summed E-state index contributed by atoms with van der Waals surface area (Å²) in [4.78, 5) is 1.60. The molecule has 0 saturated heterocycles. The van der Waals surface area contributed by atoms with Crippen LogP contribution in [0.2, 0.25) is 0 Å². The van der Waals surface area contributed by atoms with Crippen molar-refractivity contribution in [1.82, 2.24) is 20.2 Å². The van der Waals surface area contributed by atoms with Crippen molar-refractivity contribution < 1.29 is 9.68 Å². The second-order valence-corrected chi connectivity index (χ2v) is 6.60. The molecule has 0 fully saturated rings. The number of hydrogen-bond acceptors (Lipinski definition) is 5. The molecule has 1 atom stereocenters. The summed E-state index contributed by atoms with van der Waals surface area (Å²) in [6.07, 6.45) is -0.0894. The maximum absolute atomic E-state index is 10.3. The topological polar surface area (TPSA) is 73.1 Å². The van der Waals surface area contributed by atoms with Crippen molar-refractivity contribution in [2.24, 2.45) is 0 Å². The highest BCUT2D eigenvalue weighted by atomic mass is 16.5. The molecule has 0 bridgehead atoms. The molecule has 2 aromatic carbocycles. The summed E-state index contributed by atoms with van der Waals surface area (Å²) in [7, 11) is -1.03. The van der Waals surface area contributed by atoms with Crippen LogP contribution in [0, 0.1) is 0 Å². The van der Waals surface area contributed by atoms with Crippen molar-refractivity contribution in [2.45, 2.75) is 39.3 Å². The Balaban J connectivity index is 1.80. The summed E-state index contributed by atoms with van der Waals surface area (Å²) in [5.41, 5.74) is 2.59. The van der Waals surface area contributed by atoms with Gasteiger partial charge >= 0.3 is 7.12 Å². The molecule has 7 heteroatoms. The van der Waals surface area contributed by atoms with E-state index in [9.17, 15) is 5.02 Å². The Morgan fingerprint density at radius 3 is 2.46 bits per heavy atom. The van der Waals surface area contributed by atoms with E-state index in [-0.39, 0.29) is 12.0 Å². The Morgan fingerprint density at radius 1 is 1.04 bits per heavy atom. The summed E-state index contributed by atoms with van der Waals surface area (Å²) in [5.74, 6) is 0.746. The molecule has 6 nitrogen and oxygen atoms in total. The van der Waals surface area contributed by atoms with Crippen LogP contribution < -0.4 is 5.46 Å². The predicted octanol–water partition coefficient (Wildman–Crippen LogP) is 2.26. The summed E-state index contributed by atoms with van der Waals surface area (Å²) in [5, 5.41) is 23.2. The zero-order valence-electron chi connectivity index (χ0n) is 15.3. The molecule has 0 aliphatic heterocycles. The molecule has 3 aromatic rings. The molecule has 3 rings (SSSR count). The predicted molar refractivity (Wildman–Crippen MR) is 102 cm³/mol. The lowest BCUT2D eigenvalue weighted by Gasteiger charge is -2.13. The minimum atomic E-state index is -1.03. The van der Waals surface area contributed by atoms with Gasteiger partial charge in [0.2, 0.25) is 5.82 Å². The van der Waals surface area contributed by atoms with Gasteiger partial charge in [-0.25, -0.2) is 0 Å². The van der Waals surface area contributed by atoms with E-state index in [0.717, 1.165) is 5.56 Å². The summed E-state index contributed by atoms with van der Waals surface area (Å²) >= 11 is 0. The van der Waals surface area contributed by atoms with Gasteiger partial charge in [-0.15, -0.1) is 10.2 Å². The first-order chi connectivity index (χ1) is 12.5. The van der Waals surface area contributed by atoms with Crippen LogP contribution in [0.1, 0.15) is 32.3 Å². The number of hydrogen-bond donors (Lipinski definition) is 1. The number of nitrogens with zero attached hydrogens (tertiary/aromatic N) is 4. The van der Waals surface area contributed by atoms with Crippen molar-refractivity contribution in [3.05, 3.63) is 60.2 Å². The molecule has 1 unspecified atom stereocenters. The van der Waals surface area contributed by atoms with Gasteiger partial charge in [0.15, 0.2) is 0 Å². The normalized spacial score (nSPS) is 12.3. The van der Waals surface area contributed by atoms with E-state index in [1.807, 2.05) is 56.3 Å². The van der Waals surface area contributed by atoms with Gasteiger partial charge in [-0.2, -0.15) is 4.80 Å². The Hall–Kier alpha value is -2.51. The average Bonchev–Trinajstić information content (AvgIpc) is 3.10. The van der Waals surface area contributed by atoms with E-state index in [1.54, 1.807) is 4.80 Å². The fourth-order valence-corrected chi connectivity index (χ4v) is 2.81. The number of aromatic nitrogens is 4. The average molecular weight is 350 g/mol. The zero-order chi connectivity index (χ0) is 18.5. The largest absolute Gasteiger partial charge is 0.492 e. The molecule has 0 aliphatic rings. The SMILES string of the molecule is CC(C)OB(O)c1ccccc1-c1nnn(CC(C)c2ccccc2)n1. The van der Waals surface area contributed by atoms with E-state index in [4.69, 9.17) is 4.65 Å². The maximum Gasteiger partial charge on any atom is 0.492 e. The Bertz CT molecular complexity index is 838. The Kier molecular flexibility index (Phi) is 5.80. The first-order valence-electron chi connectivity index (χ1n) is 8.80. The fraction of sp³-hybridized carbons (Fsp3) is 0.316. The Morgan fingerprint density at radius 2 is 1.73 bits per heavy atom. The van der Waals surface area contributed by atoms with Crippen LogP contribution in [0.25, 0.3) is 11.4 Å². The molecule has 0 amide bonds. The smallest absolute Gasteiger partial charge is 0.423 e. The van der Waals surface area contributed by atoms with Crippen LogP contribution in [-0.2, 0) is 11.2 Å². The fourth-order valence-electron chi connectivity index (χ4n) is 2.81. The third-order valence-corrected chi connectivity index (χ3v) is 4.13. The van der Waals surface area contributed by atoms with Crippen molar-refractivity contribution in [3.63, 3.8) is 0 Å². The maximum atomic E-state index is 10.3. The second kappa shape index (κ2) is 8.25. The molecule has 134 valence electrons. The standard InChI is InChI=1S/C19H23BN4O2/c1-14(2)26-20(25)18-12-8-7-11-17(18)19-21-23-24(22-19)13-15(3)16-9-5-4-6-10-16/h4-12,14-15,25H,13H2,1-3H3. The molecule has 0 radical (unpaired) electrons. The molecule has 0 aliphatic carbocycles. The lowest BCUT2D eigenvalue weighted by atomic mass is 9.76. The van der Waals surface area contributed by atoms with Gasteiger partial charge in [0, 0.05) is 17.6 Å². The van der Waals surface area contributed by atoms with Crippen LogP contribution in [0.15, 0.2) is 54.6 Å². The van der Waals surface area contributed by atoms with Gasteiger partial charge in [-0.3, -0.25) is 0 Å². The van der Waals surface area contributed by atoms with E-state index >= 15 is 0 Å². The van der Waals surface area contributed by atoms with Gasteiger partial charge < -0.3 is 9.68 Å². The lowest BCUT2D eigenvalue weighted by molar-refractivity contribution is 0.207. The number of benzene rings is 2. The minimum absolute atomic E-state index is 0.0894. The molecular weight excluding hydrogens is 327 g/mol. The summed E-state index contributed by atoms with van der Waals surface area (Å²) < 4.78 is 5.50.